The van der Waals surface area contributed by atoms with Crippen molar-refractivity contribution >= 4 is 87.2 Å². The summed E-state index contributed by atoms with van der Waals surface area (Å²) in [6.45, 7) is 0. The molecule has 0 aliphatic rings. The van der Waals surface area contributed by atoms with Crippen LogP contribution in [0, 0.1) is 0 Å². The number of benzene rings is 2. The van der Waals surface area contributed by atoms with Gasteiger partial charge in [-0.1, -0.05) is 64.1 Å². The minimum Gasteiger partial charge on any atom is -0.455 e. The molecule has 3 aromatic rings. The van der Waals surface area contributed by atoms with Crippen LogP contribution in [0.2, 0.25) is 25.1 Å². The van der Waals surface area contributed by atoms with Gasteiger partial charge < -0.3 is 9.73 Å². The Balaban J connectivity index is 1.65. The van der Waals surface area contributed by atoms with E-state index in [0.717, 1.165) is 0 Å². The zero-order valence-electron chi connectivity index (χ0n) is 13.8. The molecule has 0 aliphatic heterocycles. The van der Waals surface area contributed by atoms with Gasteiger partial charge in [0.2, 0.25) is 0 Å². The first kappa shape index (κ1) is 21.2. The maximum absolute atomic E-state index is 6.20. The molecular weight excluding hydrogens is 484 g/mol. The molecule has 0 saturated heterocycles. The molecule has 0 saturated carbocycles. The Morgan fingerprint density at radius 1 is 0.929 bits per heavy atom. The second-order valence-corrected chi connectivity index (χ2v) is 7.79. The lowest BCUT2D eigenvalue weighted by atomic mass is 10.2. The summed E-state index contributed by atoms with van der Waals surface area (Å²) >= 11 is 35.4. The fourth-order valence-electron chi connectivity index (χ4n) is 2.18. The van der Waals surface area contributed by atoms with Gasteiger partial charge in [0, 0.05) is 5.56 Å². The number of nitrogens with one attached hydrogen (secondary N) is 2. The van der Waals surface area contributed by atoms with E-state index in [1.54, 1.807) is 42.5 Å². The van der Waals surface area contributed by atoms with Crippen LogP contribution >= 0.6 is 70.2 Å². The largest absolute Gasteiger partial charge is 0.455 e. The lowest BCUT2D eigenvalue weighted by molar-refractivity contribution is 0.574. The molecule has 2 N–H and O–H groups in total. The number of anilines is 1. The second-order valence-electron chi connectivity index (χ2n) is 5.37. The van der Waals surface area contributed by atoms with Crippen LogP contribution < -0.4 is 10.7 Å². The van der Waals surface area contributed by atoms with Crippen LogP contribution in [0.15, 0.2) is 52.0 Å². The molecule has 0 aliphatic carbocycles. The first-order chi connectivity index (χ1) is 13.3. The third-order valence-corrected chi connectivity index (χ3v) is 5.51. The third kappa shape index (κ3) is 5.11. The van der Waals surface area contributed by atoms with Gasteiger partial charge in [-0.15, -0.1) is 0 Å². The van der Waals surface area contributed by atoms with Crippen molar-refractivity contribution in [3.05, 3.63) is 73.3 Å². The highest BCUT2D eigenvalue weighted by Gasteiger charge is 2.11. The quantitative estimate of drug-likeness (QED) is 0.171. The Morgan fingerprint density at radius 3 is 2.46 bits per heavy atom. The Labute approximate surface area is 191 Å². The van der Waals surface area contributed by atoms with Crippen LogP contribution in [0.1, 0.15) is 5.76 Å². The van der Waals surface area contributed by atoms with Crippen LogP contribution in [-0.2, 0) is 0 Å². The topological polar surface area (TPSA) is 49.6 Å². The third-order valence-electron chi connectivity index (χ3n) is 3.46. The molecule has 2 aromatic carbocycles. The minimum absolute atomic E-state index is 0.236. The van der Waals surface area contributed by atoms with Crippen molar-refractivity contribution < 1.29 is 4.42 Å². The molecular formula is C18H10Cl5N3OS. The normalized spacial score (nSPS) is 11.0. The smallest absolute Gasteiger partial charge is 0.191 e. The summed E-state index contributed by atoms with van der Waals surface area (Å²) in [4.78, 5) is 0. The maximum atomic E-state index is 6.20. The van der Waals surface area contributed by atoms with Crippen LogP contribution in [0.25, 0.3) is 11.3 Å². The summed E-state index contributed by atoms with van der Waals surface area (Å²) in [5.41, 5.74) is 3.85. The molecule has 1 aromatic heterocycles. The number of halogens is 5. The molecule has 0 radical (unpaired) electrons. The summed E-state index contributed by atoms with van der Waals surface area (Å²) in [6, 6.07) is 11.8. The van der Waals surface area contributed by atoms with Gasteiger partial charge in [-0.05, 0) is 48.6 Å². The predicted octanol–water partition coefficient (Wildman–Crippen LogP) is 7.53. The Kier molecular flexibility index (Phi) is 7.10. The highest BCUT2D eigenvalue weighted by Crippen LogP contribution is 2.35. The van der Waals surface area contributed by atoms with E-state index in [1.807, 2.05) is 0 Å². The van der Waals surface area contributed by atoms with Gasteiger partial charge in [-0.3, -0.25) is 5.43 Å². The first-order valence-electron chi connectivity index (χ1n) is 7.64. The Bertz CT molecular complexity index is 1070. The van der Waals surface area contributed by atoms with E-state index < -0.39 is 0 Å². The SMILES string of the molecule is S=C(N/N=C/c1ccc(-c2cc(Cl)c(Cl)cc2Cl)o1)Nc1cccc(Cl)c1Cl. The van der Waals surface area contributed by atoms with Gasteiger partial charge in [0.05, 0.1) is 37.0 Å². The van der Waals surface area contributed by atoms with Gasteiger partial charge in [-0.2, -0.15) is 5.10 Å². The summed E-state index contributed by atoms with van der Waals surface area (Å²) in [7, 11) is 0. The molecule has 10 heteroatoms. The predicted molar refractivity (Wildman–Crippen MR) is 123 cm³/mol. The van der Waals surface area contributed by atoms with Crippen molar-refractivity contribution in [2.45, 2.75) is 0 Å². The molecule has 0 unspecified atom stereocenters. The minimum atomic E-state index is 0.236. The molecule has 0 atom stereocenters. The average Bonchev–Trinajstić information content (AvgIpc) is 3.10. The fraction of sp³-hybridized carbons (Fsp3) is 0. The maximum Gasteiger partial charge on any atom is 0.191 e. The molecule has 0 bridgehead atoms. The van der Waals surface area contributed by atoms with Crippen molar-refractivity contribution in [2.24, 2.45) is 5.10 Å². The van der Waals surface area contributed by atoms with Crippen molar-refractivity contribution in [3.63, 3.8) is 0 Å². The molecule has 0 amide bonds. The van der Waals surface area contributed by atoms with E-state index in [4.69, 9.17) is 74.6 Å². The van der Waals surface area contributed by atoms with E-state index in [0.29, 0.717) is 47.9 Å². The van der Waals surface area contributed by atoms with E-state index in [1.165, 1.54) is 6.21 Å². The molecule has 0 spiro atoms. The average molecular weight is 494 g/mol. The second kappa shape index (κ2) is 9.35. The van der Waals surface area contributed by atoms with Crippen LogP contribution in [0.4, 0.5) is 5.69 Å². The summed E-state index contributed by atoms with van der Waals surface area (Å²) in [6.07, 6.45) is 1.46. The van der Waals surface area contributed by atoms with E-state index in [9.17, 15) is 0 Å². The highest BCUT2D eigenvalue weighted by atomic mass is 35.5. The lowest BCUT2D eigenvalue weighted by Crippen LogP contribution is -2.24. The molecule has 28 heavy (non-hydrogen) atoms. The summed E-state index contributed by atoms with van der Waals surface area (Å²) < 4.78 is 5.70. The van der Waals surface area contributed by atoms with Crippen molar-refractivity contribution in [1.29, 1.82) is 0 Å². The number of hydrazone groups is 1. The highest BCUT2D eigenvalue weighted by molar-refractivity contribution is 7.80. The van der Waals surface area contributed by atoms with Crippen molar-refractivity contribution in [2.75, 3.05) is 5.32 Å². The number of nitrogens with zero attached hydrogens (tertiary/aromatic N) is 1. The van der Waals surface area contributed by atoms with E-state index in [2.05, 4.69) is 15.8 Å². The van der Waals surface area contributed by atoms with E-state index >= 15 is 0 Å². The van der Waals surface area contributed by atoms with Crippen molar-refractivity contribution in [1.82, 2.24) is 5.43 Å². The van der Waals surface area contributed by atoms with Crippen LogP contribution in [-0.4, -0.2) is 11.3 Å². The molecule has 144 valence electrons. The van der Waals surface area contributed by atoms with Gasteiger partial charge in [0.25, 0.3) is 0 Å². The standard InChI is InChI=1S/C18H10Cl5N3OS/c19-11-2-1-3-15(17(11)23)25-18(28)26-24-8-9-4-5-16(27-9)10-6-13(21)14(22)7-12(10)20/h1-8H,(H2,25,26,28)/b24-8+. The van der Waals surface area contributed by atoms with Gasteiger partial charge in [-0.25, -0.2) is 0 Å². The Morgan fingerprint density at radius 2 is 1.68 bits per heavy atom. The Hall–Kier alpha value is -1.47. The van der Waals surface area contributed by atoms with Gasteiger partial charge in [0.1, 0.15) is 11.5 Å². The summed E-state index contributed by atoms with van der Waals surface area (Å²) in [5, 5.41) is 9.12. The molecule has 1 heterocycles. The van der Waals surface area contributed by atoms with Crippen molar-refractivity contribution in [3.8, 4) is 11.3 Å². The van der Waals surface area contributed by atoms with Crippen LogP contribution in [0.3, 0.4) is 0 Å². The zero-order valence-corrected chi connectivity index (χ0v) is 18.4. The van der Waals surface area contributed by atoms with Gasteiger partial charge in [0.15, 0.2) is 5.11 Å². The number of thiocarbonyl (C=S) groups is 1. The zero-order chi connectivity index (χ0) is 20.3. The monoisotopic (exact) mass is 491 g/mol. The number of hydrogen-bond acceptors (Lipinski definition) is 3. The lowest BCUT2D eigenvalue weighted by Gasteiger charge is -2.09. The van der Waals surface area contributed by atoms with Crippen LogP contribution in [0.5, 0.6) is 0 Å². The fourth-order valence-corrected chi connectivity index (χ4v) is 3.33. The number of furan rings is 1. The van der Waals surface area contributed by atoms with Gasteiger partial charge >= 0.3 is 0 Å². The molecule has 3 rings (SSSR count). The summed E-state index contributed by atoms with van der Waals surface area (Å²) in [5.74, 6) is 1.00. The molecule has 4 nitrogen and oxygen atoms in total. The number of hydrogen-bond donors (Lipinski definition) is 2. The number of rotatable bonds is 4. The molecule has 0 fully saturated rings. The first-order valence-corrected chi connectivity index (χ1v) is 9.94. The van der Waals surface area contributed by atoms with E-state index in [-0.39, 0.29) is 5.11 Å².